The van der Waals surface area contributed by atoms with Crippen LogP contribution in [0.5, 0.6) is 0 Å². The average Bonchev–Trinajstić information content (AvgIpc) is 2.32. The summed E-state index contributed by atoms with van der Waals surface area (Å²) in [5.74, 6) is 2.97. The number of rotatable bonds is 5. The van der Waals surface area contributed by atoms with E-state index in [0.717, 1.165) is 37.3 Å². The van der Waals surface area contributed by atoms with E-state index < -0.39 is 0 Å². The number of carbonyl (C=O) groups is 1. The molecule has 5 unspecified atom stereocenters. The highest BCUT2D eigenvalue weighted by molar-refractivity contribution is 5.85. The topological polar surface area (TPSA) is 32.3 Å². The van der Waals surface area contributed by atoms with E-state index >= 15 is 0 Å². The maximum Gasteiger partial charge on any atom is 0.226 e. The van der Waals surface area contributed by atoms with Gasteiger partial charge in [-0.15, -0.1) is 0 Å². The Morgan fingerprint density at radius 2 is 2.16 bits per heavy atom. The molecule has 0 aromatic rings. The van der Waals surface area contributed by atoms with Crippen molar-refractivity contribution in [2.45, 2.75) is 38.5 Å². The van der Waals surface area contributed by atoms with Crippen LogP contribution in [-0.4, -0.2) is 38.0 Å². The highest BCUT2D eigenvalue weighted by Gasteiger charge is 2.79. The van der Waals surface area contributed by atoms with Gasteiger partial charge in [-0.2, -0.15) is 0 Å². The minimum absolute atomic E-state index is 0.0855. The molecule has 0 radical (unpaired) electrons. The second-order valence-electron chi connectivity index (χ2n) is 8.06. The van der Waals surface area contributed by atoms with E-state index in [-0.39, 0.29) is 5.41 Å². The van der Waals surface area contributed by atoms with Crippen molar-refractivity contribution in [1.29, 1.82) is 0 Å². The fraction of sp³-hybridized carbons (Fsp3) is 0.938. The van der Waals surface area contributed by atoms with E-state index in [1.54, 1.807) is 0 Å². The first-order valence-electron chi connectivity index (χ1n) is 7.99. The quantitative estimate of drug-likeness (QED) is 0.767. The van der Waals surface area contributed by atoms with Gasteiger partial charge in [0.05, 0.1) is 5.41 Å². The predicted octanol–water partition coefficient (Wildman–Crippen LogP) is 1.88. The second kappa shape index (κ2) is 3.75. The van der Waals surface area contributed by atoms with Crippen LogP contribution in [0.4, 0.5) is 0 Å². The van der Waals surface area contributed by atoms with E-state index in [9.17, 15) is 4.79 Å². The molecule has 5 bridgehead atoms. The van der Waals surface area contributed by atoms with Gasteiger partial charge < -0.3 is 10.2 Å². The monoisotopic (exact) mass is 262 g/mol. The largest absolute Gasteiger partial charge is 0.356 e. The van der Waals surface area contributed by atoms with Crippen LogP contribution in [0.2, 0.25) is 0 Å². The number of nitrogens with zero attached hydrogens (tertiary/aromatic N) is 1. The van der Waals surface area contributed by atoms with Crippen LogP contribution in [0.1, 0.15) is 38.5 Å². The van der Waals surface area contributed by atoms with Crippen molar-refractivity contribution >= 4 is 5.91 Å². The molecule has 6 aliphatic carbocycles. The molecular formula is C16H26N2O. The Morgan fingerprint density at radius 1 is 1.32 bits per heavy atom. The van der Waals surface area contributed by atoms with E-state index in [1.807, 2.05) is 0 Å². The van der Waals surface area contributed by atoms with Crippen LogP contribution in [-0.2, 0) is 4.79 Å². The van der Waals surface area contributed by atoms with Crippen molar-refractivity contribution in [1.82, 2.24) is 10.2 Å². The Labute approximate surface area is 116 Å². The van der Waals surface area contributed by atoms with Crippen LogP contribution in [0.3, 0.4) is 0 Å². The lowest BCUT2D eigenvalue weighted by Gasteiger charge is -2.81. The number of hydrogen-bond donors (Lipinski definition) is 1. The summed E-state index contributed by atoms with van der Waals surface area (Å²) in [6.07, 6.45) is 7.82. The van der Waals surface area contributed by atoms with E-state index in [2.05, 4.69) is 24.3 Å². The van der Waals surface area contributed by atoms with E-state index in [0.29, 0.717) is 11.3 Å². The molecule has 0 aromatic carbocycles. The minimum atomic E-state index is 0.0855. The molecule has 5 atom stereocenters. The lowest BCUT2D eigenvalue weighted by molar-refractivity contribution is -0.317. The molecule has 0 saturated heterocycles. The van der Waals surface area contributed by atoms with Gasteiger partial charge in [-0.05, 0) is 82.3 Å². The third kappa shape index (κ3) is 1.45. The molecule has 19 heavy (non-hydrogen) atoms. The summed E-state index contributed by atoms with van der Waals surface area (Å²) in [6, 6.07) is 0. The van der Waals surface area contributed by atoms with Crippen molar-refractivity contribution in [2.24, 2.45) is 28.6 Å². The lowest BCUT2D eigenvalue weighted by atomic mass is 9.22. The summed E-state index contributed by atoms with van der Waals surface area (Å²) in [5.41, 5.74) is 0.731. The highest BCUT2D eigenvalue weighted by atomic mass is 16.2. The van der Waals surface area contributed by atoms with Crippen LogP contribution in [0.25, 0.3) is 0 Å². The molecule has 6 fully saturated rings. The molecule has 0 heterocycles. The zero-order valence-electron chi connectivity index (χ0n) is 12.2. The summed E-state index contributed by atoms with van der Waals surface area (Å²) >= 11 is 0. The van der Waals surface area contributed by atoms with Crippen molar-refractivity contribution in [3.63, 3.8) is 0 Å². The smallest absolute Gasteiger partial charge is 0.226 e. The van der Waals surface area contributed by atoms with Crippen LogP contribution >= 0.6 is 0 Å². The minimum Gasteiger partial charge on any atom is -0.356 e. The number of hydrogen-bond acceptors (Lipinski definition) is 2. The van der Waals surface area contributed by atoms with Crippen molar-refractivity contribution in [3.05, 3.63) is 0 Å². The highest BCUT2D eigenvalue weighted by Crippen LogP contribution is 2.84. The Bertz CT molecular complexity index is 415. The molecule has 1 amide bonds. The van der Waals surface area contributed by atoms with Gasteiger partial charge in [-0.3, -0.25) is 4.79 Å². The van der Waals surface area contributed by atoms with Gasteiger partial charge in [0.25, 0.3) is 0 Å². The molecular weight excluding hydrogens is 236 g/mol. The van der Waals surface area contributed by atoms with Crippen LogP contribution < -0.4 is 5.32 Å². The Balaban J connectivity index is 1.37. The summed E-state index contributed by atoms with van der Waals surface area (Å²) in [6.45, 7) is 1.92. The molecule has 3 heteroatoms. The third-order valence-electron chi connectivity index (χ3n) is 6.57. The number of nitrogens with one attached hydrogen (secondary N) is 1. The predicted molar refractivity (Wildman–Crippen MR) is 74.6 cm³/mol. The van der Waals surface area contributed by atoms with E-state index in [1.165, 1.54) is 32.1 Å². The van der Waals surface area contributed by atoms with Crippen molar-refractivity contribution < 1.29 is 4.79 Å². The molecule has 1 spiro atoms. The number of amides is 1. The molecule has 6 saturated carbocycles. The fourth-order valence-corrected chi connectivity index (χ4v) is 6.48. The van der Waals surface area contributed by atoms with Gasteiger partial charge in [-0.25, -0.2) is 0 Å². The molecule has 1 N–H and O–H groups in total. The van der Waals surface area contributed by atoms with E-state index in [4.69, 9.17) is 0 Å². The van der Waals surface area contributed by atoms with Crippen LogP contribution in [0.15, 0.2) is 0 Å². The van der Waals surface area contributed by atoms with Crippen LogP contribution in [0, 0.1) is 28.6 Å². The molecule has 6 rings (SSSR count). The third-order valence-corrected chi connectivity index (χ3v) is 6.57. The molecule has 0 aliphatic heterocycles. The molecule has 3 nitrogen and oxygen atoms in total. The Morgan fingerprint density at radius 3 is 2.84 bits per heavy atom. The number of carbonyl (C=O) groups excluding carboxylic acids is 1. The van der Waals surface area contributed by atoms with Gasteiger partial charge in [0.1, 0.15) is 0 Å². The summed E-state index contributed by atoms with van der Waals surface area (Å²) in [4.78, 5) is 14.8. The van der Waals surface area contributed by atoms with Gasteiger partial charge in [-0.1, -0.05) is 0 Å². The first-order valence-corrected chi connectivity index (χ1v) is 7.99. The average molecular weight is 262 g/mol. The Kier molecular flexibility index (Phi) is 2.41. The summed E-state index contributed by atoms with van der Waals surface area (Å²) in [5, 5.41) is 3.24. The van der Waals surface area contributed by atoms with Gasteiger partial charge in [0.15, 0.2) is 0 Å². The first kappa shape index (κ1) is 12.2. The standard InChI is InChI=1S/C16H26N2O/c1-18(2)5-3-4-17-14(19)16-8-11-6-12-9-15(7-11,10-16)13(12)16/h11-13H,3-10H2,1-2H3,(H,17,19). The second-order valence-corrected chi connectivity index (χ2v) is 8.06. The molecule has 6 aliphatic rings. The van der Waals surface area contributed by atoms with Gasteiger partial charge >= 0.3 is 0 Å². The van der Waals surface area contributed by atoms with Gasteiger partial charge in [0, 0.05) is 6.54 Å². The zero-order valence-corrected chi connectivity index (χ0v) is 12.2. The lowest BCUT2D eigenvalue weighted by Crippen LogP contribution is -2.78. The maximum atomic E-state index is 12.6. The normalized spacial score (nSPS) is 48.7. The first-order chi connectivity index (χ1) is 9.06. The maximum absolute atomic E-state index is 12.6. The van der Waals surface area contributed by atoms with Crippen molar-refractivity contribution in [2.75, 3.05) is 27.2 Å². The SMILES string of the molecule is CN(C)CCCNC(=O)C12CC3CC4CC(C3)(C1)C42. The summed E-state index contributed by atoms with van der Waals surface area (Å²) < 4.78 is 0. The molecule has 106 valence electrons. The Hall–Kier alpha value is -0.570. The van der Waals surface area contributed by atoms with Crippen molar-refractivity contribution in [3.8, 4) is 0 Å². The molecule has 0 aromatic heterocycles. The summed E-state index contributed by atoms with van der Waals surface area (Å²) in [7, 11) is 4.17. The zero-order chi connectivity index (χ0) is 13.3. The van der Waals surface area contributed by atoms with Gasteiger partial charge in [0.2, 0.25) is 5.91 Å². The fourth-order valence-electron chi connectivity index (χ4n) is 6.48.